The number of ether oxygens (including phenoxy) is 1. The molecule has 1 aromatic rings. The third kappa shape index (κ3) is 2.69. The van der Waals surface area contributed by atoms with E-state index in [1.165, 1.54) is 6.07 Å². The Morgan fingerprint density at radius 2 is 2.13 bits per heavy atom. The van der Waals surface area contributed by atoms with Crippen LogP contribution in [0.25, 0.3) is 0 Å². The van der Waals surface area contributed by atoms with Crippen molar-refractivity contribution in [1.82, 2.24) is 0 Å². The van der Waals surface area contributed by atoms with Gasteiger partial charge in [-0.1, -0.05) is 40.8 Å². The molecule has 15 heavy (non-hydrogen) atoms. The van der Waals surface area contributed by atoms with E-state index in [1.54, 1.807) is 6.07 Å². The minimum atomic E-state index is -0.0981. The monoisotopic (exact) mass is 320 g/mol. The summed E-state index contributed by atoms with van der Waals surface area (Å²) in [6.07, 6.45) is 2.45. The van der Waals surface area contributed by atoms with Crippen LogP contribution in [-0.4, -0.2) is 17.1 Å². The topological polar surface area (TPSA) is 9.23 Å². The molecule has 0 saturated carbocycles. The van der Waals surface area contributed by atoms with Gasteiger partial charge in [0.25, 0.3) is 0 Å². The number of hydrogen-bond donors (Lipinski definition) is 0. The highest BCUT2D eigenvalue weighted by atomic mass is 127. The zero-order valence-electron chi connectivity index (χ0n) is 8.46. The second-order valence-electron chi connectivity index (χ2n) is 3.91. The maximum atomic E-state index is 13.5. The molecule has 2 unspecified atom stereocenters. The zero-order chi connectivity index (χ0) is 10.7. The average Bonchev–Trinajstić information content (AvgIpc) is 2.30. The summed E-state index contributed by atoms with van der Waals surface area (Å²) >= 11 is 2.34. The first-order chi connectivity index (χ1) is 7.31. The van der Waals surface area contributed by atoms with Gasteiger partial charge in [0.05, 0.1) is 12.7 Å². The molecule has 1 heterocycles. The highest BCUT2D eigenvalue weighted by molar-refractivity contribution is 14.1. The predicted molar refractivity (Wildman–Crippen MR) is 67.0 cm³/mol. The second-order valence-corrected chi connectivity index (χ2v) is 4.79. The van der Waals surface area contributed by atoms with Crippen LogP contribution in [0.3, 0.4) is 0 Å². The van der Waals surface area contributed by atoms with E-state index in [0.717, 1.165) is 22.8 Å². The lowest BCUT2D eigenvalue weighted by Gasteiger charge is -2.28. The Bertz CT molecular complexity index is 321. The van der Waals surface area contributed by atoms with Gasteiger partial charge in [0.15, 0.2) is 0 Å². The van der Waals surface area contributed by atoms with Crippen LogP contribution in [-0.2, 0) is 4.74 Å². The molecule has 1 nitrogen and oxygen atoms in total. The van der Waals surface area contributed by atoms with Gasteiger partial charge in [0.2, 0.25) is 0 Å². The molecule has 2 rings (SSSR count). The van der Waals surface area contributed by atoms with E-state index in [9.17, 15) is 4.39 Å². The van der Waals surface area contributed by atoms with Gasteiger partial charge in [0.1, 0.15) is 5.82 Å². The highest BCUT2D eigenvalue weighted by Gasteiger charge is 2.23. The third-order valence-electron chi connectivity index (χ3n) is 2.89. The van der Waals surface area contributed by atoms with Crippen molar-refractivity contribution in [2.24, 2.45) is 0 Å². The van der Waals surface area contributed by atoms with E-state index in [2.05, 4.69) is 22.6 Å². The molecule has 1 saturated heterocycles. The van der Waals surface area contributed by atoms with E-state index < -0.39 is 0 Å². The van der Waals surface area contributed by atoms with Crippen LogP contribution in [0.15, 0.2) is 24.3 Å². The maximum Gasteiger partial charge on any atom is 0.126 e. The van der Waals surface area contributed by atoms with Crippen molar-refractivity contribution < 1.29 is 9.13 Å². The lowest BCUT2D eigenvalue weighted by Crippen LogP contribution is -2.26. The quantitative estimate of drug-likeness (QED) is 0.598. The molecule has 0 bridgehead atoms. The molecule has 1 aromatic carbocycles. The minimum Gasteiger partial charge on any atom is -0.377 e. The molecule has 1 fully saturated rings. The lowest BCUT2D eigenvalue weighted by molar-refractivity contribution is 0.0194. The molecule has 1 aliphatic heterocycles. The van der Waals surface area contributed by atoms with Crippen LogP contribution < -0.4 is 0 Å². The Balaban J connectivity index is 2.04. The number of alkyl halides is 1. The molecule has 0 spiro atoms. The molecular formula is C12H14FIO. The van der Waals surface area contributed by atoms with Crippen molar-refractivity contribution in [3.05, 3.63) is 35.6 Å². The van der Waals surface area contributed by atoms with E-state index in [0.29, 0.717) is 12.7 Å². The Labute approximate surface area is 103 Å². The first-order valence-electron chi connectivity index (χ1n) is 5.23. The molecule has 0 aromatic heterocycles. The summed E-state index contributed by atoms with van der Waals surface area (Å²) in [6.45, 7) is 0.661. The van der Waals surface area contributed by atoms with Gasteiger partial charge in [-0.05, 0) is 24.5 Å². The van der Waals surface area contributed by atoms with Crippen LogP contribution >= 0.6 is 22.6 Å². The van der Waals surface area contributed by atoms with Crippen molar-refractivity contribution >= 4 is 22.6 Å². The fourth-order valence-corrected chi connectivity index (χ4v) is 2.67. The van der Waals surface area contributed by atoms with Crippen LogP contribution in [0.5, 0.6) is 0 Å². The van der Waals surface area contributed by atoms with Gasteiger partial charge >= 0.3 is 0 Å². The van der Waals surface area contributed by atoms with Gasteiger partial charge in [0, 0.05) is 10.3 Å². The fourth-order valence-electron chi connectivity index (χ4n) is 1.98. The molecular weight excluding hydrogens is 306 g/mol. The Morgan fingerprint density at radius 3 is 2.73 bits per heavy atom. The molecule has 82 valence electrons. The fraction of sp³-hybridized carbons (Fsp3) is 0.500. The molecule has 0 aliphatic carbocycles. The smallest absolute Gasteiger partial charge is 0.126 e. The number of rotatable bonds is 2. The molecule has 3 heteroatoms. The number of benzene rings is 1. The summed E-state index contributed by atoms with van der Waals surface area (Å²) in [4.78, 5) is 0. The zero-order valence-corrected chi connectivity index (χ0v) is 10.6. The number of hydrogen-bond acceptors (Lipinski definition) is 1. The van der Waals surface area contributed by atoms with Crippen molar-refractivity contribution in [3.8, 4) is 0 Å². The standard InChI is InChI=1S/C12H14FIO/c13-12-4-2-1-3-11(12)9-5-6-10(7-14)15-8-9/h1-4,9-10H,5-8H2. The van der Waals surface area contributed by atoms with Gasteiger partial charge in [-0.25, -0.2) is 4.39 Å². The third-order valence-corrected chi connectivity index (χ3v) is 3.87. The van der Waals surface area contributed by atoms with Crippen LogP contribution in [0.2, 0.25) is 0 Å². The molecule has 0 N–H and O–H groups in total. The van der Waals surface area contributed by atoms with Crippen molar-refractivity contribution in [2.45, 2.75) is 24.9 Å². The number of halogens is 2. The SMILES string of the molecule is Fc1ccccc1C1CCC(CI)OC1. The minimum absolute atomic E-state index is 0.0981. The van der Waals surface area contributed by atoms with E-state index >= 15 is 0 Å². The van der Waals surface area contributed by atoms with Crippen LogP contribution in [0.4, 0.5) is 4.39 Å². The van der Waals surface area contributed by atoms with Gasteiger partial charge < -0.3 is 4.74 Å². The van der Waals surface area contributed by atoms with E-state index in [1.807, 2.05) is 12.1 Å². The van der Waals surface area contributed by atoms with E-state index in [4.69, 9.17) is 4.74 Å². The second kappa shape index (κ2) is 5.25. The highest BCUT2D eigenvalue weighted by Crippen LogP contribution is 2.30. The first-order valence-corrected chi connectivity index (χ1v) is 6.76. The summed E-state index contributed by atoms with van der Waals surface area (Å²) < 4.78 is 20.2. The summed E-state index contributed by atoms with van der Waals surface area (Å²) in [5.74, 6) is 0.143. The summed E-state index contributed by atoms with van der Waals surface area (Å²) in [5, 5.41) is 0. The Morgan fingerprint density at radius 1 is 1.33 bits per heavy atom. The van der Waals surface area contributed by atoms with Crippen molar-refractivity contribution in [3.63, 3.8) is 0 Å². The molecule has 1 aliphatic rings. The average molecular weight is 320 g/mol. The summed E-state index contributed by atoms with van der Waals surface area (Å²) in [7, 11) is 0. The van der Waals surface area contributed by atoms with Gasteiger partial charge in [-0.2, -0.15) is 0 Å². The van der Waals surface area contributed by atoms with Crippen molar-refractivity contribution in [1.29, 1.82) is 0 Å². The molecule has 0 radical (unpaired) electrons. The van der Waals surface area contributed by atoms with Crippen molar-refractivity contribution in [2.75, 3.05) is 11.0 Å². The van der Waals surface area contributed by atoms with E-state index in [-0.39, 0.29) is 11.7 Å². The maximum absolute atomic E-state index is 13.5. The molecule has 2 atom stereocenters. The Hall–Kier alpha value is -0.160. The summed E-state index contributed by atoms with van der Waals surface area (Å²) in [6, 6.07) is 7.02. The largest absolute Gasteiger partial charge is 0.377 e. The Kier molecular flexibility index (Phi) is 3.97. The predicted octanol–water partition coefficient (Wildman–Crippen LogP) is 3.52. The van der Waals surface area contributed by atoms with Crippen LogP contribution in [0.1, 0.15) is 24.3 Å². The molecule has 0 amide bonds. The van der Waals surface area contributed by atoms with Crippen LogP contribution in [0, 0.1) is 5.82 Å². The first kappa shape index (κ1) is 11.3. The summed E-state index contributed by atoms with van der Waals surface area (Å²) in [5.41, 5.74) is 0.810. The lowest BCUT2D eigenvalue weighted by atomic mass is 9.91. The normalized spacial score (nSPS) is 26.5. The van der Waals surface area contributed by atoms with Gasteiger partial charge in [-0.3, -0.25) is 0 Å². The van der Waals surface area contributed by atoms with Gasteiger partial charge in [-0.15, -0.1) is 0 Å².